The zero-order chi connectivity index (χ0) is 16.1. The van der Waals surface area contributed by atoms with Gasteiger partial charge < -0.3 is 10.1 Å². The molecule has 3 nitrogen and oxygen atoms in total. The molecule has 0 aliphatic rings. The van der Waals surface area contributed by atoms with Gasteiger partial charge in [-0.15, -0.1) is 11.3 Å². The van der Waals surface area contributed by atoms with Crippen LogP contribution in [0.25, 0.3) is 0 Å². The molecule has 6 heteroatoms. The Bertz CT molecular complexity index is 741. The fourth-order valence-corrected chi connectivity index (χ4v) is 3.24. The molecule has 0 unspecified atom stereocenters. The van der Waals surface area contributed by atoms with Crippen LogP contribution >= 0.6 is 34.5 Å². The van der Waals surface area contributed by atoms with Crippen LogP contribution in [0.4, 0.5) is 5.13 Å². The number of hydrogen-bond acceptors (Lipinski definition) is 4. The van der Waals surface area contributed by atoms with Crippen molar-refractivity contribution in [1.29, 1.82) is 0 Å². The lowest BCUT2D eigenvalue weighted by Crippen LogP contribution is -2.01. The van der Waals surface area contributed by atoms with Crippen molar-refractivity contribution >= 4 is 39.7 Å². The van der Waals surface area contributed by atoms with Gasteiger partial charge in [-0.05, 0) is 23.3 Å². The summed E-state index contributed by atoms with van der Waals surface area (Å²) in [5.74, 6) is 0.509. The van der Waals surface area contributed by atoms with Crippen LogP contribution in [0.15, 0.2) is 54.0 Å². The normalized spacial score (nSPS) is 10.5. The molecule has 3 rings (SSSR count). The number of nitrogens with zero attached hydrogens (tertiary/aromatic N) is 1. The summed E-state index contributed by atoms with van der Waals surface area (Å²) in [5.41, 5.74) is 2.04. The lowest BCUT2D eigenvalue weighted by Gasteiger charge is -2.12. The molecular formula is C17H14Cl2N2OS. The maximum absolute atomic E-state index is 6.31. The number of rotatable bonds is 6. The summed E-state index contributed by atoms with van der Waals surface area (Å²) in [6, 6.07) is 13.6. The molecule has 1 N–H and O–H groups in total. The smallest absolute Gasteiger partial charge is 0.182 e. The first-order valence-corrected chi connectivity index (χ1v) is 8.64. The van der Waals surface area contributed by atoms with Crippen LogP contribution in [-0.2, 0) is 13.2 Å². The summed E-state index contributed by atoms with van der Waals surface area (Å²) < 4.78 is 5.76. The van der Waals surface area contributed by atoms with Gasteiger partial charge in [0, 0.05) is 18.1 Å². The second-order valence-electron chi connectivity index (χ2n) is 4.85. The van der Waals surface area contributed by atoms with Crippen molar-refractivity contribution in [1.82, 2.24) is 4.98 Å². The molecule has 3 aromatic rings. The Morgan fingerprint density at radius 2 is 1.78 bits per heavy atom. The van der Waals surface area contributed by atoms with Crippen LogP contribution in [0.2, 0.25) is 10.0 Å². The molecule has 0 atom stereocenters. The van der Waals surface area contributed by atoms with E-state index in [9.17, 15) is 0 Å². The van der Waals surface area contributed by atoms with Crippen LogP contribution in [0.3, 0.4) is 0 Å². The Kier molecular flexibility index (Phi) is 5.39. The van der Waals surface area contributed by atoms with Gasteiger partial charge >= 0.3 is 0 Å². The molecule has 0 saturated carbocycles. The molecule has 1 heterocycles. The van der Waals surface area contributed by atoms with Crippen molar-refractivity contribution < 1.29 is 4.74 Å². The Morgan fingerprint density at radius 3 is 2.43 bits per heavy atom. The highest BCUT2D eigenvalue weighted by molar-refractivity contribution is 7.13. The second kappa shape index (κ2) is 7.68. The van der Waals surface area contributed by atoms with Gasteiger partial charge in [-0.2, -0.15) is 0 Å². The lowest BCUT2D eigenvalue weighted by molar-refractivity contribution is 0.306. The fourth-order valence-electron chi connectivity index (χ4n) is 2.07. The van der Waals surface area contributed by atoms with E-state index in [0.717, 1.165) is 16.3 Å². The van der Waals surface area contributed by atoms with E-state index in [-0.39, 0.29) is 0 Å². The quantitative estimate of drug-likeness (QED) is 0.614. The minimum Gasteiger partial charge on any atom is -0.486 e. The molecule has 118 valence electrons. The van der Waals surface area contributed by atoms with Crippen molar-refractivity contribution in [3.05, 3.63) is 75.2 Å². The molecule has 0 saturated heterocycles. The summed E-state index contributed by atoms with van der Waals surface area (Å²) in [6.07, 6.45) is 1.76. The average Bonchev–Trinajstić information content (AvgIpc) is 3.06. The largest absolute Gasteiger partial charge is 0.486 e. The van der Waals surface area contributed by atoms with Crippen LogP contribution in [0.1, 0.15) is 11.1 Å². The number of halogens is 2. The van der Waals surface area contributed by atoms with Gasteiger partial charge in [-0.25, -0.2) is 4.98 Å². The minimum absolute atomic E-state index is 0.428. The number of nitrogens with one attached hydrogen (secondary N) is 1. The third-order valence-corrected chi connectivity index (χ3v) is 4.45. The average molecular weight is 365 g/mol. The monoisotopic (exact) mass is 364 g/mol. The van der Waals surface area contributed by atoms with Crippen LogP contribution in [-0.4, -0.2) is 4.98 Å². The predicted octanol–water partition coefficient (Wildman–Crippen LogP) is 5.64. The third-order valence-electron chi connectivity index (χ3n) is 3.16. The molecule has 1 aromatic heterocycles. The summed E-state index contributed by atoms with van der Waals surface area (Å²) in [5, 5.41) is 7.01. The highest BCUT2D eigenvalue weighted by Crippen LogP contribution is 2.35. The lowest BCUT2D eigenvalue weighted by atomic mass is 10.2. The fraction of sp³-hybridized carbons (Fsp3) is 0.118. The van der Waals surface area contributed by atoms with Crippen molar-refractivity contribution in [3.8, 4) is 5.75 Å². The van der Waals surface area contributed by atoms with E-state index in [1.54, 1.807) is 17.5 Å². The molecule has 0 amide bonds. The van der Waals surface area contributed by atoms with Crippen LogP contribution in [0.5, 0.6) is 5.75 Å². The SMILES string of the molecule is Clc1cc(CNc2nccs2)cc(Cl)c1OCc1ccccc1. The zero-order valence-electron chi connectivity index (χ0n) is 12.1. The summed E-state index contributed by atoms with van der Waals surface area (Å²) in [6.45, 7) is 1.03. The van der Waals surface area contributed by atoms with Gasteiger partial charge in [0.25, 0.3) is 0 Å². The van der Waals surface area contributed by atoms with Crippen LogP contribution in [0, 0.1) is 0 Å². The molecule has 0 bridgehead atoms. The van der Waals surface area contributed by atoms with Gasteiger partial charge in [-0.3, -0.25) is 0 Å². The molecule has 0 aliphatic carbocycles. The first kappa shape index (κ1) is 16.1. The third kappa shape index (κ3) is 4.38. The maximum Gasteiger partial charge on any atom is 0.182 e. The Labute approximate surface area is 148 Å². The first-order valence-electron chi connectivity index (χ1n) is 7.00. The Hall–Kier alpha value is -1.75. The molecule has 0 radical (unpaired) electrons. The number of ether oxygens (including phenoxy) is 1. The summed E-state index contributed by atoms with van der Waals surface area (Å²) in [4.78, 5) is 4.17. The summed E-state index contributed by atoms with van der Waals surface area (Å²) >= 11 is 14.2. The Morgan fingerprint density at radius 1 is 1.04 bits per heavy atom. The number of anilines is 1. The first-order chi connectivity index (χ1) is 11.2. The van der Waals surface area contributed by atoms with E-state index in [0.29, 0.717) is 28.9 Å². The molecular weight excluding hydrogens is 351 g/mol. The highest BCUT2D eigenvalue weighted by Gasteiger charge is 2.10. The van der Waals surface area contributed by atoms with Crippen LogP contribution < -0.4 is 10.1 Å². The van der Waals surface area contributed by atoms with E-state index < -0.39 is 0 Å². The van der Waals surface area contributed by atoms with Gasteiger partial charge in [0.1, 0.15) is 6.61 Å². The summed E-state index contributed by atoms with van der Waals surface area (Å²) in [7, 11) is 0. The van der Waals surface area contributed by atoms with E-state index >= 15 is 0 Å². The minimum atomic E-state index is 0.428. The molecule has 0 aliphatic heterocycles. The number of benzene rings is 2. The Balaban J connectivity index is 1.67. The number of thiazole rings is 1. The van der Waals surface area contributed by atoms with Gasteiger partial charge in [0.05, 0.1) is 10.0 Å². The van der Waals surface area contributed by atoms with Crippen molar-refractivity contribution in [2.45, 2.75) is 13.2 Å². The number of hydrogen-bond donors (Lipinski definition) is 1. The number of aromatic nitrogens is 1. The second-order valence-corrected chi connectivity index (χ2v) is 6.56. The van der Waals surface area contributed by atoms with E-state index in [2.05, 4.69) is 10.3 Å². The van der Waals surface area contributed by atoms with Crippen molar-refractivity contribution in [3.63, 3.8) is 0 Å². The van der Waals surface area contributed by atoms with Crippen molar-refractivity contribution in [2.75, 3.05) is 5.32 Å². The van der Waals surface area contributed by atoms with E-state index in [4.69, 9.17) is 27.9 Å². The maximum atomic E-state index is 6.31. The van der Waals surface area contributed by atoms with Gasteiger partial charge in [-0.1, -0.05) is 53.5 Å². The van der Waals surface area contributed by atoms with E-state index in [1.807, 2.05) is 47.8 Å². The molecule has 2 aromatic carbocycles. The van der Waals surface area contributed by atoms with Gasteiger partial charge in [0.15, 0.2) is 10.9 Å². The van der Waals surface area contributed by atoms with Gasteiger partial charge in [0.2, 0.25) is 0 Å². The standard InChI is InChI=1S/C17H14Cl2N2OS/c18-14-8-13(10-21-17-20-6-7-23-17)9-15(19)16(14)22-11-12-4-2-1-3-5-12/h1-9H,10-11H2,(H,20,21). The highest BCUT2D eigenvalue weighted by atomic mass is 35.5. The molecule has 0 fully saturated rings. The predicted molar refractivity (Wildman–Crippen MR) is 96.7 cm³/mol. The molecule has 23 heavy (non-hydrogen) atoms. The zero-order valence-corrected chi connectivity index (χ0v) is 14.5. The molecule has 0 spiro atoms. The van der Waals surface area contributed by atoms with E-state index in [1.165, 1.54) is 0 Å². The topological polar surface area (TPSA) is 34.2 Å². The van der Waals surface area contributed by atoms with Crippen molar-refractivity contribution in [2.24, 2.45) is 0 Å².